The van der Waals surface area contributed by atoms with E-state index >= 15 is 0 Å². The number of aromatic nitrogens is 1. The molecule has 1 aliphatic rings. The molecular formula is C11H16N2O3S. The topological polar surface area (TPSA) is 62.7 Å². The van der Waals surface area contributed by atoms with Crippen molar-refractivity contribution in [2.45, 2.75) is 25.4 Å². The highest BCUT2D eigenvalue weighted by Crippen LogP contribution is 2.23. The van der Waals surface area contributed by atoms with Crippen molar-refractivity contribution in [3.8, 4) is 0 Å². The van der Waals surface area contributed by atoms with Crippen LogP contribution in [0.2, 0.25) is 0 Å². The molecular weight excluding hydrogens is 240 g/mol. The van der Waals surface area contributed by atoms with Crippen LogP contribution < -0.4 is 4.90 Å². The molecule has 0 radical (unpaired) electrons. The Morgan fingerprint density at radius 3 is 2.94 bits per heavy atom. The van der Waals surface area contributed by atoms with Gasteiger partial charge in [0.2, 0.25) is 0 Å². The molecule has 1 aromatic rings. The maximum atomic E-state index is 10.4. The molecule has 6 heteroatoms. The summed E-state index contributed by atoms with van der Waals surface area (Å²) in [6, 6.07) is 0. The number of anilines is 1. The molecule has 2 rings (SSSR count). The summed E-state index contributed by atoms with van der Waals surface area (Å²) in [6.45, 7) is 2.19. The zero-order valence-corrected chi connectivity index (χ0v) is 10.4. The minimum Gasteiger partial charge on any atom is -0.481 e. The summed E-state index contributed by atoms with van der Waals surface area (Å²) in [4.78, 5) is 16.9. The van der Waals surface area contributed by atoms with Gasteiger partial charge in [-0.1, -0.05) is 0 Å². The van der Waals surface area contributed by atoms with Gasteiger partial charge in [-0.3, -0.25) is 4.79 Å². The van der Waals surface area contributed by atoms with Crippen LogP contribution in [0.15, 0.2) is 11.6 Å². The summed E-state index contributed by atoms with van der Waals surface area (Å²) in [7, 11) is 0. The van der Waals surface area contributed by atoms with Crippen LogP contribution in [0, 0.1) is 0 Å². The van der Waals surface area contributed by atoms with E-state index in [2.05, 4.69) is 9.88 Å². The Bertz CT molecular complexity index is 348. The van der Waals surface area contributed by atoms with Crippen LogP contribution in [0.5, 0.6) is 0 Å². The maximum Gasteiger partial charge on any atom is 0.305 e. The van der Waals surface area contributed by atoms with Crippen LogP contribution in [-0.2, 0) is 9.53 Å². The Hall–Kier alpha value is -1.14. The molecule has 1 aliphatic heterocycles. The molecule has 1 N–H and O–H groups in total. The third-order valence-electron chi connectivity index (χ3n) is 2.80. The van der Waals surface area contributed by atoms with Gasteiger partial charge in [0.1, 0.15) is 0 Å². The first-order valence-corrected chi connectivity index (χ1v) is 6.61. The molecule has 1 saturated heterocycles. The van der Waals surface area contributed by atoms with Crippen molar-refractivity contribution in [3.63, 3.8) is 0 Å². The monoisotopic (exact) mass is 256 g/mol. The molecule has 0 bridgehead atoms. The first-order valence-electron chi connectivity index (χ1n) is 5.73. The average molecular weight is 256 g/mol. The number of aliphatic carboxylic acids is 1. The predicted octanol–water partition coefficient (Wildman–Crippen LogP) is 1.60. The van der Waals surface area contributed by atoms with Gasteiger partial charge in [0.25, 0.3) is 0 Å². The Labute approximate surface area is 104 Å². The van der Waals surface area contributed by atoms with Crippen LogP contribution >= 0.6 is 11.3 Å². The number of thiazole rings is 1. The Morgan fingerprint density at radius 1 is 1.59 bits per heavy atom. The van der Waals surface area contributed by atoms with E-state index in [4.69, 9.17) is 9.84 Å². The minimum atomic E-state index is -0.801. The highest BCUT2D eigenvalue weighted by Gasteiger charge is 2.21. The lowest BCUT2D eigenvalue weighted by Gasteiger charge is -2.31. The molecule has 0 spiro atoms. The molecule has 94 valence electrons. The molecule has 0 aromatic carbocycles. The number of carboxylic acid groups (broad SMARTS) is 1. The highest BCUT2D eigenvalue weighted by atomic mass is 32.1. The molecule has 17 heavy (non-hydrogen) atoms. The lowest BCUT2D eigenvalue weighted by atomic mass is 10.1. The van der Waals surface area contributed by atoms with Crippen LogP contribution in [0.1, 0.15) is 19.3 Å². The van der Waals surface area contributed by atoms with Crippen LogP contribution in [0.25, 0.3) is 0 Å². The lowest BCUT2D eigenvalue weighted by molar-refractivity contribution is -0.138. The molecule has 1 aromatic heterocycles. The number of piperidine rings is 1. The van der Waals surface area contributed by atoms with Gasteiger partial charge >= 0.3 is 5.97 Å². The average Bonchev–Trinajstić information content (AvgIpc) is 2.83. The van der Waals surface area contributed by atoms with Crippen molar-refractivity contribution >= 4 is 22.4 Å². The van der Waals surface area contributed by atoms with E-state index in [1.54, 1.807) is 11.3 Å². The van der Waals surface area contributed by atoms with Crippen molar-refractivity contribution in [1.29, 1.82) is 0 Å². The Balaban J connectivity index is 1.69. The molecule has 2 heterocycles. The van der Waals surface area contributed by atoms with Gasteiger partial charge in [-0.05, 0) is 12.8 Å². The number of hydrogen-bond acceptors (Lipinski definition) is 5. The quantitative estimate of drug-likeness (QED) is 0.867. The second kappa shape index (κ2) is 5.97. The fourth-order valence-corrected chi connectivity index (χ4v) is 2.60. The summed E-state index contributed by atoms with van der Waals surface area (Å²) in [5, 5.41) is 11.6. The van der Waals surface area contributed by atoms with Crippen molar-refractivity contribution in [2.24, 2.45) is 0 Å². The highest BCUT2D eigenvalue weighted by molar-refractivity contribution is 7.13. The summed E-state index contributed by atoms with van der Waals surface area (Å²) >= 11 is 1.65. The molecule has 0 unspecified atom stereocenters. The van der Waals surface area contributed by atoms with Crippen LogP contribution in [0.4, 0.5) is 5.13 Å². The van der Waals surface area contributed by atoms with Crippen LogP contribution in [0.3, 0.4) is 0 Å². The third-order valence-corrected chi connectivity index (χ3v) is 3.63. The van der Waals surface area contributed by atoms with Gasteiger partial charge in [-0.15, -0.1) is 11.3 Å². The number of hydrogen-bond donors (Lipinski definition) is 1. The van der Waals surface area contributed by atoms with Gasteiger partial charge in [-0.25, -0.2) is 4.98 Å². The normalized spacial score (nSPS) is 17.3. The van der Waals surface area contributed by atoms with E-state index in [1.165, 1.54) is 0 Å². The van der Waals surface area contributed by atoms with Gasteiger partial charge < -0.3 is 14.7 Å². The van der Waals surface area contributed by atoms with E-state index in [0.717, 1.165) is 31.1 Å². The van der Waals surface area contributed by atoms with E-state index < -0.39 is 5.97 Å². The first kappa shape index (κ1) is 12.3. The zero-order chi connectivity index (χ0) is 12.1. The van der Waals surface area contributed by atoms with E-state index in [1.807, 2.05) is 11.6 Å². The summed E-state index contributed by atoms with van der Waals surface area (Å²) < 4.78 is 5.53. The fraction of sp³-hybridized carbons (Fsp3) is 0.636. The number of nitrogens with zero attached hydrogens (tertiary/aromatic N) is 2. The number of ether oxygens (including phenoxy) is 1. The molecule has 0 amide bonds. The fourth-order valence-electron chi connectivity index (χ4n) is 1.90. The predicted molar refractivity (Wildman–Crippen MR) is 65.6 cm³/mol. The Morgan fingerprint density at radius 2 is 2.35 bits per heavy atom. The molecule has 5 nitrogen and oxygen atoms in total. The largest absolute Gasteiger partial charge is 0.481 e. The molecule has 1 fully saturated rings. The molecule has 0 aliphatic carbocycles. The van der Waals surface area contributed by atoms with E-state index in [-0.39, 0.29) is 12.5 Å². The second-order valence-corrected chi connectivity index (χ2v) is 4.89. The van der Waals surface area contributed by atoms with E-state index in [0.29, 0.717) is 6.61 Å². The van der Waals surface area contributed by atoms with Crippen molar-refractivity contribution < 1.29 is 14.6 Å². The lowest BCUT2D eigenvalue weighted by Crippen LogP contribution is -2.37. The van der Waals surface area contributed by atoms with Gasteiger partial charge in [0.15, 0.2) is 5.13 Å². The maximum absolute atomic E-state index is 10.4. The minimum absolute atomic E-state index is 0.0900. The van der Waals surface area contributed by atoms with E-state index in [9.17, 15) is 4.79 Å². The number of rotatable bonds is 5. The summed E-state index contributed by atoms with van der Waals surface area (Å²) in [6.07, 6.45) is 3.99. The first-order chi connectivity index (χ1) is 8.25. The zero-order valence-electron chi connectivity index (χ0n) is 9.54. The smallest absolute Gasteiger partial charge is 0.305 e. The standard InChI is InChI=1S/C11H16N2O3S/c14-10(15)3-7-16-9-1-5-13(6-2-9)11-12-4-8-17-11/h4,8-9H,1-3,5-7H2,(H,14,15). The summed E-state index contributed by atoms with van der Waals surface area (Å²) in [5.74, 6) is -0.801. The van der Waals surface area contributed by atoms with Gasteiger partial charge in [0, 0.05) is 24.7 Å². The van der Waals surface area contributed by atoms with Crippen molar-refractivity contribution in [3.05, 3.63) is 11.6 Å². The SMILES string of the molecule is O=C(O)CCOC1CCN(c2nccs2)CC1. The van der Waals surface area contributed by atoms with Gasteiger partial charge in [-0.2, -0.15) is 0 Å². The molecule has 0 atom stereocenters. The summed E-state index contributed by atoms with van der Waals surface area (Å²) in [5.41, 5.74) is 0. The van der Waals surface area contributed by atoms with Gasteiger partial charge in [0.05, 0.1) is 19.1 Å². The number of carbonyl (C=O) groups is 1. The number of carboxylic acids is 1. The molecule has 0 saturated carbocycles. The second-order valence-electron chi connectivity index (χ2n) is 4.02. The van der Waals surface area contributed by atoms with Crippen LogP contribution in [-0.4, -0.2) is 41.9 Å². The Kier molecular flexibility index (Phi) is 4.33. The van der Waals surface area contributed by atoms with Crippen molar-refractivity contribution in [2.75, 3.05) is 24.6 Å². The third kappa shape index (κ3) is 3.67. The van der Waals surface area contributed by atoms with Crippen molar-refractivity contribution in [1.82, 2.24) is 4.98 Å².